The number of carboxylic acid groups (broad SMARTS) is 1. The molecule has 136 valence electrons. The monoisotopic (exact) mass is 365 g/mol. The average Bonchev–Trinajstić information content (AvgIpc) is 3.00. The van der Waals surface area contributed by atoms with Crippen molar-refractivity contribution in [1.29, 1.82) is 0 Å². The Kier molecular flexibility index (Phi) is 4.41. The Labute approximate surface area is 145 Å². The molecule has 3 rings (SSSR count). The number of carbonyl (C=O) groups is 1. The summed E-state index contributed by atoms with van der Waals surface area (Å²) in [6.07, 6.45) is -3.79. The molecule has 0 amide bonds. The summed E-state index contributed by atoms with van der Waals surface area (Å²) >= 11 is 0. The zero-order valence-electron chi connectivity index (χ0n) is 13.8. The minimum Gasteiger partial charge on any atom is -0.477 e. The van der Waals surface area contributed by atoms with E-state index < -0.39 is 23.8 Å². The molecule has 0 aliphatic carbocycles. The normalized spacial score (nSPS) is 13.1. The topological polar surface area (TPSA) is 76.7 Å². The van der Waals surface area contributed by atoms with Crippen LogP contribution in [0.1, 0.15) is 34.6 Å². The zero-order chi connectivity index (χ0) is 19.1. The Morgan fingerprint density at radius 3 is 2.65 bits per heavy atom. The van der Waals surface area contributed by atoms with Crippen LogP contribution in [0.15, 0.2) is 36.5 Å². The Balaban J connectivity index is 2.28. The lowest BCUT2D eigenvalue weighted by molar-refractivity contribution is -0.137. The Morgan fingerprint density at radius 2 is 2.04 bits per heavy atom. The van der Waals surface area contributed by atoms with Gasteiger partial charge in [0.2, 0.25) is 0 Å². The highest BCUT2D eigenvalue weighted by Crippen LogP contribution is 2.33. The Hall–Kier alpha value is -2.94. The SMILES string of the molecule is COC(C)c1nn2c(-c3cccc(C(F)(F)F)c3)ccnc2c1C(=O)O. The third-order valence-electron chi connectivity index (χ3n) is 3.98. The van der Waals surface area contributed by atoms with E-state index in [2.05, 4.69) is 10.1 Å². The number of halogens is 3. The molecular formula is C17H14F3N3O3. The average molecular weight is 365 g/mol. The van der Waals surface area contributed by atoms with E-state index >= 15 is 0 Å². The fourth-order valence-corrected chi connectivity index (χ4v) is 2.64. The summed E-state index contributed by atoms with van der Waals surface area (Å²) in [7, 11) is 1.40. The lowest BCUT2D eigenvalue weighted by atomic mass is 10.1. The molecule has 9 heteroatoms. The predicted octanol–water partition coefficient (Wildman–Crippen LogP) is 3.82. The predicted molar refractivity (Wildman–Crippen MR) is 85.8 cm³/mol. The van der Waals surface area contributed by atoms with Gasteiger partial charge in [0, 0.05) is 18.9 Å². The summed E-state index contributed by atoms with van der Waals surface area (Å²) in [5.41, 5.74) is -0.246. The number of ether oxygens (including phenoxy) is 1. The van der Waals surface area contributed by atoms with Crippen LogP contribution in [-0.2, 0) is 10.9 Å². The Morgan fingerprint density at radius 1 is 1.31 bits per heavy atom. The zero-order valence-corrected chi connectivity index (χ0v) is 13.8. The molecule has 1 aromatic carbocycles. The van der Waals surface area contributed by atoms with Crippen LogP contribution in [0.4, 0.5) is 13.2 Å². The van der Waals surface area contributed by atoms with Gasteiger partial charge >= 0.3 is 12.1 Å². The highest BCUT2D eigenvalue weighted by atomic mass is 19.4. The van der Waals surface area contributed by atoms with E-state index in [1.54, 1.807) is 6.92 Å². The van der Waals surface area contributed by atoms with Gasteiger partial charge in [0.1, 0.15) is 11.3 Å². The highest BCUT2D eigenvalue weighted by molar-refractivity contribution is 5.96. The smallest absolute Gasteiger partial charge is 0.416 e. The van der Waals surface area contributed by atoms with Gasteiger partial charge in [-0.1, -0.05) is 12.1 Å². The number of methoxy groups -OCH3 is 1. The van der Waals surface area contributed by atoms with Crippen molar-refractivity contribution in [3.63, 3.8) is 0 Å². The molecule has 3 aromatic rings. The molecular weight excluding hydrogens is 351 g/mol. The molecule has 0 aliphatic heterocycles. The molecule has 0 saturated heterocycles. The van der Waals surface area contributed by atoms with Crippen LogP contribution in [-0.4, -0.2) is 32.8 Å². The van der Waals surface area contributed by atoms with Gasteiger partial charge in [0.05, 0.1) is 17.4 Å². The molecule has 2 aromatic heterocycles. The van der Waals surface area contributed by atoms with E-state index in [-0.39, 0.29) is 28.2 Å². The van der Waals surface area contributed by atoms with Crippen molar-refractivity contribution in [2.24, 2.45) is 0 Å². The first-order chi connectivity index (χ1) is 12.2. The first-order valence-electron chi connectivity index (χ1n) is 7.55. The van der Waals surface area contributed by atoms with E-state index in [0.717, 1.165) is 12.1 Å². The van der Waals surface area contributed by atoms with Crippen LogP contribution in [0.25, 0.3) is 16.9 Å². The minimum absolute atomic E-state index is 0.0336. The molecule has 0 fully saturated rings. The molecule has 6 nitrogen and oxygen atoms in total. The van der Waals surface area contributed by atoms with Gasteiger partial charge in [-0.15, -0.1) is 0 Å². The lowest BCUT2D eigenvalue weighted by Crippen LogP contribution is -2.05. The van der Waals surface area contributed by atoms with Crippen LogP contribution in [0.3, 0.4) is 0 Å². The molecule has 1 unspecified atom stereocenters. The van der Waals surface area contributed by atoms with Crippen molar-refractivity contribution in [3.8, 4) is 11.3 Å². The number of fused-ring (bicyclic) bond motifs is 1. The second-order valence-electron chi connectivity index (χ2n) is 5.59. The summed E-state index contributed by atoms with van der Waals surface area (Å²) < 4.78 is 45.4. The fourth-order valence-electron chi connectivity index (χ4n) is 2.64. The number of hydrogen-bond donors (Lipinski definition) is 1. The summed E-state index contributed by atoms with van der Waals surface area (Å²) in [4.78, 5) is 15.7. The molecule has 0 aliphatic rings. The first-order valence-corrected chi connectivity index (χ1v) is 7.55. The molecule has 26 heavy (non-hydrogen) atoms. The number of nitrogens with zero attached hydrogens (tertiary/aromatic N) is 3. The van der Waals surface area contributed by atoms with E-state index in [4.69, 9.17) is 4.74 Å². The van der Waals surface area contributed by atoms with E-state index in [1.165, 1.54) is 36.0 Å². The third kappa shape index (κ3) is 3.01. The van der Waals surface area contributed by atoms with Gasteiger partial charge in [-0.05, 0) is 25.1 Å². The maximum Gasteiger partial charge on any atom is 0.416 e. The number of aromatic carboxylic acids is 1. The molecule has 0 radical (unpaired) electrons. The van der Waals surface area contributed by atoms with E-state index in [0.29, 0.717) is 0 Å². The number of hydrogen-bond acceptors (Lipinski definition) is 4. The number of rotatable bonds is 4. The van der Waals surface area contributed by atoms with Crippen LogP contribution in [0.5, 0.6) is 0 Å². The van der Waals surface area contributed by atoms with Crippen LogP contribution >= 0.6 is 0 Å². The van der Waals surface area contributed by atoms with E-state index in [9.17, 15) is 23.1 Å². The standard InChI is InChI=1S/C17H14F3N3O3/c1-9(26-2)14-13(16(24)25)15-21-7-6-12(23(15)22-14)10-4-3-5-11(8-10)17(18,19)20/h3-9H,1-2H3,(H,24,25). The number of aromatic nitrogens is 3. The molecule has 1 N–H and O–H groups in total. The van der Waals surface area contributed by atoms with Crippen molar-refractivity contribution in [3.05, 3.63) is 53.3 Å². The van der Waals surface area contributed by atoms with Gasteiger partial charge in [-0.3, -0.25) is 0 Å². The Bertz CT molecular complexity index is 982. The van der Waals surface area contributed by atoms with Gasteiger partial charge < -0.3 is 9.84 Å². The maximum absolute atomic E-state index is 13.0. The van der Waals surface area contributed by atoms with E-state index in [1.807, 2.05) is 0 Å². The van der Waals surface area contributed by atoms with Crippen molar-refractivity contribution in [2.45, 2.75) is 19.2 Å². The summed E-state index contributed by atoms with van der Waals surface area (Å²) in [5.74, 6) is -1.24. The van der Waals surface area contributed by atoms with Gasteiger partial charge in [-0.25, -0.2) is 14.3 Å². The number of benzene rings is 1. The molecule has 0 spiro atoms. The third-order valence-corrected chi connectivity index (χ3v) is 3.98. The van der Waals surface area contributed by atoms with Crippen LogP contribution < -0.4 is 0 Å². The van der Waals surface area contributed by atoms with Crippen molar-refractivity contribution in [1.82, 2.24) is 14.6 Å². The first kappa shape index (κ1) is 17.9. The van der Waals surface area contributed by atoms with Crippen molar-refractivity contribution < 1.29 is 27.8 Å². The van der Waals surface area contributed by atoms with Gasteiger partial charge in [0.25, 0.3) is 0 Å². The second-order valence-corrected chi connectivity index (χ2v) is 5.59. The van der Waals surface area contributed by atoms with Crippen molar-refractivity contribution >= 4 is 11.6 Å². The lowest BCUT2D eigenvalue weighted by Gasteiger charge is -2.09. The maximum atomic E-state index is 13.0. The number of alkyl halides is 3. The fraction of sp³-hybridized carbons (Fsp3) is 0.235. The second kappa shape index (κ2) is 6.41. The van der Waals surface area contributed by atoms with Gasteiger partial charge in [0.15, 0.2) is 5.65 Å². The molecule has 2 heterocycles. The minimum atomic E-state index is -4.49. The van der Waals surface area contributed by atoms with Gasteiger partial charge in [-0.2, -0.15) is 18.3 Å². The van der Waals surface area contributed by atoms with Crippen LogP contribution in [0.2, 0.25) is 0 Å². The summed E-state index contributed by atoms with van der Waals surface area (Å²) in [6, 6.07) is 6.20. The quantitative estimate of drug-likeness (QED) is 0.761. The largest absolute Gasteiger partial charge is 0.477 e. The molecule has 0 bridgehead atoms. The summed E-state index contributed by atoms with van der Waals surface area (Å²) in [5, 5.41) is 13.8. The van der Waals surface area contributed by atoms with Crippen LogP contribution in [0, 0.1) is 0 Å². The highest BCUT2D eigenvalue weighted by Gasteiger charge is 2.31. The van der Waals surface area contributed by atoms with Crippen molar-refractivity contribution in [2.75, 3.05) is 7.11 Å². The molecule has 0 saturated carbocycles. The summed E-state index contributed by atoms with van der Waals surface area (Å²) in [6.45, 7) is 1.62. The number of carboxylic acids is 1. The molecule has 1 atom stereocenters.